The van der Waals surface area contributed by atoms with Crippen LogP contribution in [0, 0.1) is 0 Å². The second-order valence-electron chi connectivity index (χ2n) is 6.93. The fourth-order valence-electron chi connectivity index (χ4n) is 3.00. The Balaban J connectivity index is 1.91. The quantitative estimate of drug-likeness (QED) is 0.437. The van der Waals surface area contributed by atoms with Gasteiger partial charge in [0.15, 0.2) is 0 Å². The maximum atomic E-state index is 12.4. The number of sulfonamides is 1. The minimum Gasteiger partial charge on any atom is -0.454 e. The summed E-state index contributed by atoms with van der Waals surface area (Å²) >= 11 is 5.89. The Labute approximate surface area is 180 Å². The van der Waals surface area contributed by atoms with Gasteiger partial charge in [-0.15, -0.1) is 0 Å². The molecule has 0 aliphatic heterocycles. The third-order valence-electron chi connectivity index (χ3n) is 4.59. The molecule has 0 aliphatic carbocycles. The zero-order chi connectivity index (χ0) is 22.1. The number of ether oxygens (including phenoxy) is 1. The van der Waals surface area contributed by atoms with Crippen LogP contribution in [0.4, 0.5) is 5.69 Å². The van der Waals surface area contributed by atoms with Gasteiger partial charge in [0.2, 0.25) is 10.0 Å². The van der Waals surface area contributed by atoms with E-state index in [1.807, 2.05) is 11.5 Å². The van der Waals surface area contributed by atoms with Crippen LogP contribution in [0.5, 0.6) is 0 Å². The second kappa shape index (κ2) is 8.63. The van der Waals surface area contributed by atoms with Crippen LogP contribution >= 0.6 is 11.6 Å². The Kier molecular flexibility index (Phi) is 6.35. The molecule has 0 saturated carbocycles. The first kappa shape index (κ1) is 22.1. The maximum Gasteiger partial charge on any atom is 0.338 e. The van der Waals surface area contributed by atoms with E-state index in [0.29, 0.717) is 28.6 Å². The van der Waals surface area contributed by atoms with Gasteiger partial charge in [-0.3, -0.25) is 0 Å². The highest BCUT2D eigenvalue weighted by Gasteiger charge is 2.20. The van der Waals surface area contributed by atoms with Crippen LogP contribution in [0.1, 0.15) is 29.5 Å². The minimum atomic E-state index is -3.58. The molecule has 0 atom stereocenters. The molecule has 0 bridgehead atoms. The van der Waals surface area contributed by atoms with Crippen molar-refractivity contribution in [2.75, 3.05) is 19.8 Å². The Bertz CT molecular complexity index is 1200. The lowest BCUT2D eigenvalue weighted by molar-refractivity contribution is 0.0458. The number of carbonyl (C=O) groups excluding carboxylic acids is 1. The van der Waals surface area contributed by atoms with Gasteiger partial charge in [-0.05, 0) is 42.8 Å². The molecule has 1 aromatic heterocycles. The molecule has 3 rings (SSSR count). The number of carbonyl (C=O) groups is 1. The molecule has 2 aromatic carbocycles. The van der Waals surface area contributed by atoms with Crippen LogP contribution in [0.15, 0.2) is 41.3 Å². The first-order valence-electron chi connectivity index (χ1n) is 9.29. The standard InChI is InChI=1S/C20H23ClN4O4S/c1-4-9-25-18-8-6-14(30(27,28)24(2)3)11-17(18)23-19(25)12-29-20(26)13-5-7-15(21)16(22)10-13/h5-8,10-11H,4,9,12,22H2,1-3H3. The maximum absolute atomic E-state index is 12.4. The highest BCUT2D eigenvalue weighted by Crippen LogP contribution is 2.24. The summed E-state index contributed by atoms with van der Waals surface area (Å²) in [6, 6.07) is 9.33. The molecule has 0 fully saturated rings. The number of aryl methyl sites for hydroxylation is 1. The van der Waals surface area contributed by atoms with Crippen LogP contribution in [0.2, 0.25) is 5.02 Å². The number of hydrogen-bond donors (Lipinski definition) is 1. The van der Waals surface area contributed by atoms with E-state index in [4.69, 9.17) is 22.1 Å². The summed E-state index contributed by atoms with van der Waals surface area (Å²) < 4.78 is 33.3. The summed E-state index contributed by atoms with van der Waals surface area (Å²) in [5.74, 6) is -0.0223. The number of halogens is 1. The van der Waals surface area contributed by atoms with Gasteiger partial charge in [0.25, 0.3) is 0 Å². The third-order valence-corrected chi connectivity index (χ3v) is 6.74. The molecule has 3 aromatic rings. The number of aromatic nitrogens is 2. The highest BCUT2D eigenvalue weighted by molar-refractivity contribution is 7.89. The Hall–Kier alpha value is -2.62. The Morgan fingerprint density at radius 2 is 1.97 bits per heavy atom. The van der Waals surface area contributed by atoms with Gasteiger partial charge in [0, 0.05) is 20.6 Å². The Morgan fingerprint density at radius 1 is 1.23 bits per heavy atom. The summed E-state index contributed by atoms with van der Waals surface area (Å²) in [5, 5.41) is 0.361. The van der Waals surface area contributed by atoms with Crippen molar-refractivity contribution in [2.45, 2.75) is 31.4 Å². The van der Waals surface area contributed by atoms with E-state index in [2.05, 4.69) is 4.98 Å². The van der Waals surface area contributed by atoms with Crippen LogP contribution in [-0.4, -0.2) is 42.3 Å². The fraction of sp³-hybridized carbons (Fsp3) is 0.300. The number of hydrogen-bond acceptors (Lipinski definition) is 6. The van der Waals surface area contributed by atoms with Crippen molar-refractivity contribution < 1.29 is 17.9 Å². The predicted molar refractivity (Wildman–Crippen MR) is 116 cm³/mol. The average Bonchev–Trinajstić information content (AvgIpc) is 3.05. The van der Waals surface area contributed by atoms with Gasteiger partial charge in [0.05, 0.1) is 32.2 Å². The van der Waals surface area contributed by atoms with Gasteiger partial charge in [-0.2, -0.15) is 0 Å². The van der Waals surface area contributed by atoms with E-state index in [9.17, 15) is 13.2 Å². The molecule has 10 heteroatoms. The van der Waals surface area contributed by atoms with Gasteiger partial charge >= 0.3 is 5.97 Å². The number of nitrogens with two attached hydrogens (primary N) is 1. The molecule has 8 nitrogen and oxygen atoms in total. The first-order valence-corrected chi connectivity index (χ1v) is 11.1. The van der Waals surface area contributed by atoms with Crippen molar-refractivity contribution in [1.82, 2.24) is 13.9 Å². The van der Waals surface area contributed by atoms with Gasteiger partial charge in [-0.25, -0.2) is 22.5 Å². The number of imidazole rings is 1. The van der Waals surface area contributed by atoms with E-state index in [0.717, 1.165) is 16.2 Å². The van der Waals surface area contributed by atoms with Crippen LogP contribution in [-0.2, 0) is 27.9 Å². The number of fused-ring (bicyclic) bond motifs is 1. The van der Waals surface area contributed by atoms with Gasteiger partial charge in [-0.1, -0.05) is 18.5 Å². The Morgan fingerprint density at radius 3 is 2.60 bits per heavy atom. The summed E-state index contributed by atoms with van der Waals surface area (Å²) in [6.07, 6.45) is 0.831. The van der Waals surface area contributed by atoms with E-state index < -0.39 is 16.0 Å². The summed E-state index contributed by atoms with van der Waals surface area (Å²) in [7, 11) is -0.626. The predicted octanol–water partition coefficient (Wildman–Crippen LogP) is 3.29. The normalized spacial score (nSPS) is 11.9. The molecule has 0 amide bonds. The number of nitrogens with zero attached hydrogens (tertiary/aromatic N) is 3. The first-order chi connectivity index (χ1) is 14.1. The number of benzene rings is 2. The van der Waals surface area contributed by atoms with Crippen molar-refractivity contribution in [2.24, 2.45) is 0 Å². The monoisotopic (exact) mass is 450 g/mol. The van der Waals surface area contributed by atoms with Crippen LogP contribution < -0.4 is 5.73 Å². The molecule has 0 saturated heterocycles. The van der Waals surface area contributed by atoms with Gasteiger partial charge in [0.1, 0.15) is 12.4 Å². The number of rotatable bonds is 7. The zero-order valence-corrected chi connectivity index (χ0v) is 18.5. The third kappa shape index (κ3) is 4.28. The van der Waals surface area contributed by atoms with E-state index in [1.165, 1.54) is 38.4 Å². The molecule has 2 N–H and O–H groups in total. The lowest BCUT2D eigenvalue weighted by atomic mass is 10.2. The molecular weight excluding hydrogens is 428 g/mol. The molecule has 0 aliphatic rings. The zero-order valence-electron chi connectivity index (χ0n) is 16.9. The lowest BCUT2D eigenvalue weighted by Gasteiger charge is -2.11. The van der Waals surface area contributed by atoms with Crippen LogP contribution in [0.25, 0.3) is 11.0 Å². The van der Waals surface area contributed by atoms with Crippen molar-refractivity contribution in [1.29, 1.82) is 0 Å². The summed E-state index contributed by atoms with van der Waals surface area (Å²) in [5.41, 5.74) is 7.62. The SMILES string of the molecule is CCCn1c(COC(=O)c2ccc(Cl)c(N)c2)nc2cc(S(=O)(=O)N(C)C)ccc21. The van der Waals surface area contributed by atoms with Gasteiger partial charge < -0.3 is 15.0 Å². The van der Waals surface area contributed by atoms with Crippen LogP contribution in [0.3, 0.4) is 0 Å². The van der Waals surface area contributed by atoms with E-state index in [-0.39, 0.29) is 17.1 Å². The minimum absolute atomic E-state index is 0.0637. The van der Waals surface area contributed by atoms with Crippen molar-refractivity contribution >= 4 is 44.3 Å². The molecule has 30 heavy (non-hydrogen) atoms. The largest absolute Gasteiger partial charge is 0.454 e. The number of nitrogen functional groups attached to an aromatic ring is 1. The molecule has 1 heterocycles. The molecule has 0 unspecified atom stereocenters. The summed E-state index contributed by atoms with van der Waals surface area (Å²) in [6.45, 7) is 2.60. The summed E-state index contributed by atoms with van der Waals surface area (Å²) in [4.78, 5) is 17.1. The lowest BCUT2D eigenvalue weighted by Crippen LogP contribution is -2.22. The van der Waals surface area contributed by atoms with Crippen molar-refractivity contribution in [3.05, 3.63) is 52.8 Å². The van der Waals surface area contributed by atoms with E-state index >= 15 is 0 Å². The topological polar surface area (TPSA) is 108 Å². The number of anilines is 1. The number of esters is 1. The average molecular weight is 451 g/mol. The molecular formula is C20H23ClN4O4S. The van der Waals surface area contributed by atoms with Crippen molar-refractivity contribution in [3.8, 4) is 0 Å². The molecule has 0 radical (unpaired) electrons. The smallest absolute Gasteiger partial charge is 0.338 e. The van der Waals surface area contributed by atoms with Crippen molar-refractivity contribution in [3.63, 3.8) is 0 Å². The molecule has 0 spiro atoms. The second-order valence-corrected chi connectivity index (χ2v) is 9.49. The highest BCUT2D eigenvalue weighted by atomic mass is 35.5. The fourth-order valence-corrected chi connectivity index (χ4v) is 4.04. The van der Waals surface area contributed by atoms with E-state index in [1.54, 1.807) is 12.1 Å². The molecule has 160 valence electrons.